The summed E-state index contributed by atoms with van der Waals surface area (Å²) in [4.78, 5) is 15.4. The summed E-state index contributed by atoms with van der Waals surface area (Å²) < 4.78 is 33.6. The van der Waals surface area contributed by atoms with E-state index in [9.17, 15) is 9.18 Å². The molecule has 1 atom stereocenters. The predicted molar refractivity (Wildman–Crippen MR) is 108 cm³/mol. The van der Waals surface area contributed by atoms with Crippen LogP contribution in [0.15, 0.2) is 12.1 Å². The van der Waals surface area contributed by atoms with Crippen molar-refractivity contribution in [3.63, 3.8) is 0 Å². The fraction of sp³-hybridized carbons (Fsp3) is 0.619. The van der Waals surface area contributed by atoms with Crippen LogP contribution in [0.4, 0.5) is 4.39 Å². The summed E-state index contributed by atoms with van der Waals surface area (Å²) in [6.07, 6.45) is 3.63. The van der Waals surface area contributed by atoms with Gasteiger partial charge in [-0.3, -0.25) is 9.36 Å². The quantitative estimate of drug-likeness (QED) is 0.726. The summed E-state index contributed by atoms with van der Waals surface area (Å²) in [5.74, 6) is 0.0190. The third-order valence-electron chi connectivity index (χ3n) is 5.11. The second kappa shape index (κ2) is 9.43. The lowest BCUT2D eigenvalue weighted by atomic mass is 9.95. The van der Waals surface area contributed by atoms with Gasteiger partial charge in [0, 0.05) is 32.1 Å². The molecule has 1 fully saturated rings. The highest BCUT2D eigenvalue weighted by Crippen LogP contribution is 2.30. The van der Waals surface area contributed by atoms with Gasteiger partial charge < -0.3 is 19.5 Å². The van der Waals surface area contributed by atoms with E-state index >= 15 is 0 Å². The Hall–Kier alpha value is -2.35. The molecule has 0 saturated heterocycles. The summed E-state index contributed by atoms with van der Waals surface area (Å²) >= 11 is 0. The van der Waals surface area contributed by atoms with Crippen LogP contribution in [-0.4, -0.2) is 46.9 Å². The molecule has 1 saturated carbocycles. The number of carbonyl (C=O) groups excluding carboxylic acids is 1. The largest absolute Gasteiger partial charge is 0.494 e. The van der Waals surface area contributed by atoms with Crippen LogP contribution in [0.2, 0.25) is 0 Å². The number of carbonyl (C=O) groups is 1. The molecule has 1 heterocycles. The normalized spacial score (nSPS) is 20.4. The fourth-order valence-electron chi connectivity index (χ4n) is 3.69. The Morgan fingerprint density at radius 2 is 2.00 bits per heavy atom. The molecule has 29 heavy (non-hydrogen) atoms. The molecule has 1 N–H and O–H groups in total. The van der Waals surface area contributed by atoms with Gasteiger partial charge in [0.2, 0.25) is 5.91 Å². The van der Waals surface area contributed by atoms with Gasteiger partial charge in [-0.25, -0.2) is 4.39 Å². The lowest BCUT2D eigenvalue weighted by Gasteiger charge is -2.29. The Bertz CT molecular complexity index is 846. The Balaban J connectivity index is 1.56. The van der Waals surface area contributed by atoms with Crippen LogP contribution in [0.3, 0.4) is 0 Å². The van der Waals surface area contributed by atoms with Crippen LogP contribution in [-0.2, 0) is 16.6 Å². The number of rotatable bonds is 8. The average molecular weight is 407 g/mol. The van der Waals surface area contributed by atoms with Crippen LogP contribution in [0.25, 0.3) is 11.0 Å². The first-order valence-corrected chi connectivity index (χ1v) is 10.2. The SMILES string of the molecule is CCOc1cc(F)c2nc(OC3CCC(OC[C@H](C)NC(C)=O)CC3)n(C)c2c1. The molecule has 1 aromatic heterocycles. The van der Waals surface area contributed by atoms with E-state index in [4.69, 9.17) is 14.2 Å². The van der Waals surface area contributed by atoms with Crippen molar-refractivity contribution in [1.82, 2.24) is 14.9 Å². The van der Waals surface area contributed by atoms with Crippen LogP contribution in [0, 0.1) is 5.82 Å². The van der Waals surface area contributed by atoms with Crippen molar-refractivity contribution in [1.29, 1.82) is 0 Å². The lowest BCUT2D eigenvalue weighted by Crippen LogP contribution is -2.37. The number of hydrogen-bond acceptors (Lipinski definition) is 5. The molecule has 8 heteroatoms. The summed E-state index contributed by atoms with van der Waals surface area (Å²) in [5.41, 5.74) is 0.933. The van der Waals surface area contributed by atoms with Gasteiger partial charge in [0.25, 0.3) is 6.01 Å². The third kappa shape index (κ3) is 5.38. The van der Waals surface area contributed by atoms with Gasteiger partial charge in [0.1, 0.15) is 17.4 Å². The highest BCUT2D eigenvalue weighted by Gasteiger charge is 2.25. The molecule has 160 valence electrons. The van der Waals surface area contributed by atoms with E-state index in [0.717, 1.165) is 25.7 Å². The third-order valence-corrected chi connectivity index (χ3v) is 5.11. The number of nitrogens with zero attached hydrogens (tertiary/aromatic N) is 2. The van der Waals surface area contributed by atoms with Crippen LogP contribution in [0.5, 0.6) is 11.8 Å². The number of halogens is 1. The van der Waals surface area contributed by atoms with E-state index in [1.165, 1.54) is 13.0 Å². The standard InChI is InChI=1S/C21H30FN3O4/c1-5-27-17-10-18(22)20-19(11-17)25(4)21(24-20)29-16-8-6-15(7-9-16)28-12-13(2)23-14(3)26/h10-11,13,15-16H,5-9,12H2,1-4H3,(H,23,26)/t13-,15?,16?/m0/s1. The number of ether oxygens (including phenoxy) is 3. The van der Waals surface area contributed by atoms with Gasteiger partial charge in [-0.05, 0) is 39.5 Å². The molecule has 0 spiro atoms. The Morgan fingerprint density at radius 1 is 1.31 bits per heavy atom. The predicted octanol–water partition coefficient (Wildman–Crippen LogP) is 3.34. The molecular formula is C21H30FN3O4. The van der Waals surface area contributed by atoms with Crippen LogP contribution >= 0.6 is 0 Å². The maximum atomic E-state index is 14.4. The van der Waals surface area contributed by atoms with Gasteiger partial charge in [0.05, 0.1) is 24.8 Å². The summed E-state index contributed by atoms with van der Waals surface area (Å²) in [5, 5.41) is 2.82. The van der Waals surface area contributed by atoms with E-state index in [1.807, 2.05) is 20.9 Å². The zero-order valence-corrected chi connectivity index (χ0v) is 17.5. The average Bonchev–Trinajstić information content (AvgIpc) is 2.98. The van der Waals surface area contributed by atoms with Crippen molar-refractivity contribution in [2.24, 2.45) is 7.05 Å². The van der Waals surface area contributed by atoms with Crippen molar-refractivity contribution in [2.75, 3.05) is 13.2 Å². The second-order valence-corrected chi connectivity index (χ2v) is 7.61. The maximum absolute atomic E-state index is 14.4. The molecule has 1 aromatic carbocycles. The van der Waals surface area contributed by atoms with Crippen molar-refractivity contribution in [3.8, 4) is 11.8 Å². The van der Waals surface area contributed by atoms with Gasteiger partial charge in [-0.1, -0.05) is 0 Å². The molecule has 0 unspecified atom stereocenters. The van der Waals surface area contributed by atoms with E-state index in [1.54, 1.807) is 10.6 Å². The zero-order chi connectivity index (χ0) is 21.0. The minimum Gasteiger partial charge on any atom is -0.494 e. The number of aryl methyl sites for hydroxylation is 1. The summed E-state index contributed by atoms with van der Waals surface area (Å²) in [6.45, 7) is 6.27. The number of benzene rings is 1. The number of amides is 1. The molecular weight excluding hydrogens is 377 g/mol. The monoisotopic (exact) mass is 407 g/mol. The maximum Gasteiger partial charge on any atom is 0.297 e. The van der Waals surface area contributed by atoms with Crippen molar-refractivity contribution in [3.05, 3.63) is 17.9 Å². The molecule has 1 amide bonds. The van der Waals surface area contributed by atoms with Crippen molar-refractivity contribution < 1.29 is 23.4 Å². The minimum absolute atomic E-state index is 0.00190. The van der Waals surface area contributed by atoms with E-state index in [0.29, 0.717) is 30.5 Å². The van der Waals surface area contributed by atoms with Crippen molar-refractivity contribution in [2.45, 2.75) is 64.7 Å². The smallest absolute Gasteiger partial charge is 0.297 e. The molecule has 7 nitrogen and oxygen atoms in total. The topological polar surface area (TPSA) is 74.6 Å². The van der Waals surface area contributed by atoms with E-state index < -0.39 is 5.82 Å². The van der Waals surface area contributed by atoms with Crippen molar-refractivity contribution >= 4 is 16.9 Å². The first-order chi connectivity index (χ1) is 13.9. The van der Waals surface area contributed by atoms with Gasteiger partial charge in [-0.2, -0.15) is 4.98 Å². The van der Waals surface area contributed by atoms with Crippen LogP contribution in [0.1, 0.15) is 46.5 Å². The number of imidazole rings is 1. The van der Waals surface area contributed by atoms with Gasteiger partial charge >= 0.3 is 0 Å². The highest BCUT2D eigenvalue weighted by molar-refractivity contribution is 5.79. The number of fused-ring (bicyclic) bond motifs is 1. The number of aromatic nitrogens is 2. The molecule has 0 radical (unpaired) electrons. The number of nitrogens with one attached hydrogen (secondary N) is 1. The molecule has 1 aliphatic rings. The summed E-state index contributed by atoms with van der Waals surface area (Å²) in [7, 11) is 1.82. The first-order valence-electron chi connectivity index (χ1n) is 10.2. The molecule has 0 aliphatic heterocycles. The second-order valence-electron chi connectivity index (χ2n) is 7.61. The van der Waals surface area contributed by atoms with Crippen LogP contribution < -0.4 is 14.8 Å². The highest BCUT2D eigenvalue weighted by atomic mass is 19.1. The Labute approximate surface area is 170 Å². The van der Waals surface area contributed by atoms with E-state index in [2.05, 4.69) is 10.3 Å². The Morgan fingerprint density at radius 3 is 2.66 bits per heavy atom. The lowest BCUT2D eigenvalue weighted by molar-refractivity contribution is -0.120. The van der Waals surface area contributed by atoms with E-state index in [-0.39, 0.29) is 29.7 Å². The minimum atomic E-state index is -0.415. The molecule has 1 aliphatic carbocycles. The molecule has 3 rings (SSSR count). The number of hydrogen-bond donors (Lipinski definition) is 1. The molecule has 0 bridgehead atoms. The van der Waals surface area contributed by atoms with Gasteiger partial charge in [0.15, 0.2) is 5.82 Å². The summed E-state index contributed by atoms with van der Waals surface area (Å²) in [6, 6.07) is 3.55. The Kier molecular flexibility index (Phi) is 6.95. The molecule has 2 aromatic rings. The fourth-order valence-corrected chi connectivity index (χ4v) is 3.69. The zero-order valence-electron chi connectivity index (χ0n) is 17.5. The van der Waals surface area contributed by atoms with Gasteiger partial charge in [-0.15, -0.1) is 0 Å². The first kappa shape index (κ1) is 21.4.